The fourth-order valence-corrected chi connectivity index (χ4v) is 7.22. The van der Waals surface area contributed by atoms with Gasteiger partial charge in [-0.05, 0) is 30.9 Å². The molecule has 1 saturated heterocycles. The maximum atomic E-state index is 14.3. The molecule has 0 spiro atoms. The van der Waals surface area contributed by atoms with E-state index in [4.69, 9.17) is 16.0 Å². The van der Waals surface area contributed by atoms with Gasteiger partial charge in [-0.2, -0.15) is 0 Å². The first-order chi connectivity index (χ1) is 14.7. The quantitative estimate of drug-likeness (QED) is 0.361. The third kappa shape index (κ3) is 2.60. The van der Waals surface area contributed by atoms with E-state index >= 15 is 0 Å². The number of ether oxygens (including phenoxy) is 2. The topological polar surface area (TPSA) is 134 Å². The number of fused-ring (bicyclic) bond motifs is 5. The van der Waals surface area contributed by atoms with Crippen molar-refractivity contribution >= 4 is 11.8 Å². The van der Waals surface area contributed by atoms with Crippen LogP contribution in [0.4, 0.5) is 0 Å². The molecule has 8 heteroatoms. The van der Waals surface area contributed by atoms with Crippen molar-refractivity contribution in [3.63, 3.8) is 0 Å². The Kier molecular flexibility index (Phi) is 4.59. The van der Waals surface area contributed by atoms with Gasteiger partial charge in [0.25, 0.3) is 0 Å². The minimum absolute atomic E-state index is 0.00192. The van der Waals surface area contributed by atoms with Gasteiger partial charge in [-0.25, -0.2) is 0 Å². The largest absolute Gasteiger partial charge is 0.450 e. The van der Waals surface area contributed by atoms with Crippen LogP contribution in [0.15, 0.2) is 11.1 Å². The van der Waals surface area contributed by atoms with Crippen LogP contribution in [0.1, 0.15) is 54.4 Å². The zero-order valence-corrected chi connectivity index (χ0v) is 19.0. The van der Waals surface area contributed by atoms with E-state index in [1.54, 1.807) is 34.6 Å². The van der Waals surface area contributed by atoms with Gasteiger partial charge < -0.3 is 29.9 Å². The molecule has 3 aliphatic carbocycles. The van der Waals surface area contributed by atoms with Gasteiger partial charge in [-0.1, -0.05) is 20.8 Å². The SMILES string of the molecule is [2H]O[C@H]1C[C@H]2OC[C@@]2(O)C2C(C)[C@]3(O)C[C@H](O)C(C)=C([C@@H](OC(C)=O)C(=O)[C@@]21C)C3(C)C. The van der Waals surface area contributed by atoms with Crippen molar-refractivity contribution in [1.82, 2.24) is 0 Å². The van der Waals surface area contributed by atoms with Gasteiger partial charge in [0.1, 0.15) is 5.60 Å². The van der Waals surface area contributed by atoms with E-state index in [1.807, 2.05) is 0 Å². The fraction of sp³-hybridized carbons (Fsp3) is 0.826. The first kappa shape index (κ1) is 21.5. The summed E-state index contributed by atoms with van der Waals surface area (Å²) in [5, 5.41) is 39.8. The van der Waals surface area contributed by atoms with Crippen LogP contribution in [0.2, 0.25) is 0 Å². The molecule has 1 aliphatic heterocycles. The van der Waals surface area contributed by atoms with Crippen molar-refractivity contribution in [1.29, 1.82) is 1.43 Å². The molecule has 8 nitrogen and oxygen atoms in total. The fourth-order valence-electron chi connectivity index (χ4n) is 7.22. The van der Waals surface area contributed by atoms with Crippen molar-refractivity contribution in [3.8, 4) is 0 Å². The number of aliphatic hydroxyl groups excluding tert-OH is 2. The second-order valence-corrected chi connectivity index (χ2v) is 10.8. The molecule has 0 amide bonds. The van der Waals surface area contributed by atoms with Crippen LogP contribution in [0.25, 0.3) is 0 Å². The van der Waals surface area contributed by atoms with Crippen LogP contribution in [-0.4, -0.2) is 75.8 Å². The van der Waals surface area contributed by atoms with E-state index in [2.05, 4.69) is 0 Å². The van der Waals surface area contributed by atoms with Gasteiger partial charge in [-0.15, -0.1) is 0 Å². The summed E-state index contributed by atoms with van der Waals surface area (Å²) in [6, 6.07) is 0. The van der Waals surface area contributed by atoms with Crippen LogP contribution < -0.4 is 0 Å². The minimum atomic E-state index is -1.55. The van der Waals surface area contributed by atoms with Crippen LogP contribution in [-0.2, 0) is 19.1 Å². The molecule has 4 aliphatic rings. The number of hydrogen-bond donors (Lipinski definition) is 4. The number of hydrogen-bond acceptors (Lipinski definition) is 8. The third-order valence-electron chi connectivity index (χ3n) is 9.11. The van der Waals surface area contributed by atoms with Crippen LogP contribution in [0.5, 0.6) is 0 Å². The molecular weight excluding hydrogens is 404 g/mol. The Morgan fingerprint density at radius 2 is 1.94 bits per heavy atom. The van der Waals surface area contributed by atoms with Gasteiger partial charge in [0.2, 0.25) is 1.43 Å². The van der Waals surface area contributed by atoms with E-state index in [0.717, 1.165) is 0 Å². The summed E-state index contributed by atoms with van der Waals surface area (Å²) in [6.45, 7) is 9.82. The monoisotopic (exact) mass is 439 g/mol. The minimum Gasteiger partial charge on any atom is -0.450 e. The highest BCUT2D eigenvalue weighted by Crippen LogP contribution is 2.64. The zero-order chi connectivity index (χ0) is 24.0. The van der Waals surface area contributed by atoms with Crippen molar-refractivity contribution in [2.45, 2.75) is 90.0 Å². The Balaban J connectivity index is 2.05. The molecule has 3 fully saturated rings. The molecule has 174 valence electrons. The summed E-state index contributed by atoms with van der Waals surface area (Å²) < 4.78 is 18.9. The van der Waals surface area contributed by atoms with Crippen LogP contribution in [0.3, 0.4) is 0 Å². The molecular formula is C23H34O8. The molecule has 1 heterocycles. The second-order valence-electron chi connectivity index (χ2n) is 10.8. The first-order valence-electron chi connectivity index (χ1n) is 11.4. The smallest absolute Gasteiger partial charge is 0.303 e. The lowest BCUT2D eigenvalue weighted by Gasteiger charge is -2.67. The Bertz CT molecular complexity index is 885. The number of carbonyl (C=O) groups is 2. The molecule has 2 unspecified atom stereocenters. The van der Waals surface area contributed by atoms with Gasteiger partial charge >= 0.3 is 5.97 Å². The Morgan fingerprint density at radius 3 is 2.45 bits per heavy atom. The van der Waals surface area contributed by atoms with Gasteiger partial charge in [0.05, 0.1) is 35.9 Å². The Hall–Kier alpha value is -1.32. The average Bonchev–Trinajstić information content (AvgIpc) is 2.68. The lowest BCUT2D eigenvalue weighted by Crippen LogP contribution is -2.79. The van der Waals surface area contributed by atoms with Gasteiger partial charge in [0, 0.05) is 31.1 Å². The highest BCUT2D eigenvalue weighted by molar-refractivity contribution is 5.95. The summed E-state index contributed by atoms with van der Waals surface area (Å²) in [7, 11) is 0. The number of ketones is 1. The molecule has 31 heavy (non-hydrogen) atoms. The van der Waals surface area contributed by atoms with Crippen LogP contribution >= 0.6 is 0 Å². The molecule has 0 radical (unpaired) electrons. The van der Waals surface area contributed by atoms with E-state index in [9.17, 15) is 24.9 Å². The highest BCUT2D eigenvalue weighted by Gasteiger charge is 2.74. The van der Waals surface area contributed by atoms with Crippen molar-refractivity contribution in [2.24, 2.45) is 22.7 Å². The number of esters is 1. The maximum absolute atomic E-state index is 14.3. The molecule has 2 saturated carbocycles. The predicted molar refractivity (Wildman–Crippen MR) is 109 cm³/mol. The van der Waals surface area contributed by atoms with E-state index in [-0.39, 0.29) is 19.4 Å². The normalized spacial score (nSPS) is 51.5. The highest BCUT2D eigenvalue weighted by atomic mass is 16.6. The second kappa shape index (κ2) is 6.60. The Labute approximate surface area is 183 Å². The van der Waals surface area contributed by atoms with Gasteiger partial charge in [-0.3, -0.25) is 9.59 Å². The first-order valence-corrected chi connectivity index (χ1v) is 11.0. The van der Waals surface area contributed by atoms with E-state index < -0.39 is 70.0 Å². The number of rotatable bonds is 2. The Morgan fingerprint density at radius 1 is 1.29 bits per heavy atom. The summed E-state index contributed by atoms with van der Waals surface area (Å²) in [5.74, 6) is -2.73. The zero-order valence-electron chi connectivity index (χ0n) is 20.0. The van der Waals surface area contributed by atoms with Crippen molar-refractivity contribution in [3.05, 3.63) is 11.1 Å². The average molecular weight is 440 g/mol. The molecule has 4 rings (SSSR count). The molecule has 4 N–H and O–H groups in total. The predicted octanol–water partition coefficient (Wildman–Crippen LogP) is 0.492. The van der Waals surface area contributed by atoms with E-state index in [1.165, 1.54) is 6.92 Å². The lowest BCUT2D eigenvalue weighted by molar-refractivity contribution is -0.335. The molecule has 2 bridgehead atoms. The molecule has 0 aromatic carbocycles. The molecule has 0 aromatic rings. The summed E-state index contributed by atoms with van der Waals surface area (Å²) >= 11 is 0. The third-order valence-corrected chi connectivity index (χ3v) is 9.11. The standard InChI is InChI=1S/C23H34O8/c1-10-13(25)8-23(29)11(2)18-21(6,14(26)7-15-22(18,28)9-30-15)19(27)17(31-12(3)24)16(10)20(23,4)5/h11,13-15,17-18,25-26,28-29H,7-9H2,1-6H3/t11?,13-,14-,15+,17+,18?,21+,22-,23+/m0/s1/i26D. The van der Waals surface area contributed by atoms with E-state index in [0.29, 0.717) is 11.1 Å². The number of carbonyl (C=O) groups excluding carboxylic acids is 2. The molecule has 9 atom stereocenters. The van der Waals surface area contributed by atoms with Crippen LogP contribution in [0, 0.1) is 22.7 Å². The number of aliphatic hydroxyl groups is 4. The maximum Gasteiger partial charge on any atom is 0.303 e. The van der Waals surface area contributed by atoms with Crippen molar-refractivity contribution in [2.75, 3.05) is 6.61 Å². The molecule has 0 aromatic heterocycles. The lowest BCUT2D eigenvalue weighted by atomic mass is 9.43. The summed E-state index contributed by atoms with van der Waals surface area (Å²) in [5.41, 5.74) is -4.63. The summed E-state index contributed by atoms with van der Waals surface area (Å²) in [4.78, 5) is 26.4. The van der Waals surface area contributed by atoms with Gasteiger partial charge in [0.15, 0.2) is 11.9 Å². The number of Topliss-reactive ketones (excluding diaryl/α,β-unsaturated/α-hetero) is 1. The summed E-state index contributed by atoms with van der Waals surface area (Å²) in [6.07, 6.45) is -3.89. The van der Waals surface area contributed by atoms with Crippen molar-refractivity contribution < 1.29 is 39.5 Å².